The Kier molecular flexibility index (Phi) is 7.65. The number of nitrogens with zero attached hydrogens (tertiary/aromatic N) is 1. The minimum atomic E-state index is -0.428. The molecule has 0 unspecified atom stereocenters. The van der Waals surface area contributed by atoms with Crippen LogP contribution < -0.4 is 4.90 Å². The molecule has 152 valence electrons. The van der Waals surface area contributed by atoms with E-state index in [4.69, 9.17) is 4.74 Å². The second-order valence-electron chi connectivity index (χ2n) is 7.59. The minimum Gasteiger partial charge on any atom is -0.388 e. The molecular weight excluding hydrogens is 370 g/mol. The van der Waals surface area contributed by atoms with Gasteiger partial charge in [0.1, 0.15) is 0 Å². The molecule has 28 heavy (non-hydrogen) atoms. The standard InChI is InChI=1S/C23H31NO3S/c1-3-4-5-6-22(25)18-8-10-19(11-9-18)24-20(12-14-23(24)26)15-27-16-21-13-7-17(2)28-21/h7-11,13,20,22,25H,3-6,12,14-16H2,1-2H3/t20-,22+/m1/s1. The predicted molar refractivity (Wildman–Crippen MR) is 115 cm³/mol. The van der Waals surface area contributed by atoms with Gasteiger partial charge in [-0.2, -0.15) is 0 Å². The fraction of sp³-hybridized carbons (Fsp3) is 0.522. The molecule has 4 nitrogen and oxygen atoms in total. The molecule has 1 aromatic heterocycles. The maximum Gasteiger partial charge on any atom is 0.227 e. The Labute approximate surface area is 172 Å². The summed E-state index contributed by atoms with van der Waals surface area (Å²) in [6, 6.07) is 12.1. The number of carbonyl (C=O) groups is 1. The number of hydrogen-bond acceptors (Lipinski definition) is 4. The van der Waals surface area contributed by atoms with Crippen LogP contribution in [-0.2, 0) is 16.1 Å². The number of rotatable bonds is 10. The highest BCUT2D eigenvalue weighted by molar-refractivity contribution is 7.11. The van der Waals surface area contributed by atoms with E-state index in [1.807, 2.05) is 29.2 Å². The van der Waals surface area contributed by atoms with Gasteiger partial charge in [0.05, 0.1) is 25.4 Å². The first kappa shape index (κ1) is 21.0. The molecule has 1 N–H and O–H groups in total. The fourth-order valence-electron chi connectivity index (χ4n) is 3.73. The number of hydrogen-bond donors (Lipinski definition) is 1. The molecule has 1 amide bonds. The Balaban J connectivity index is 1.57. The Morgan fingerprint density at radius 3 is 2.68 bits per heavy atom. The number of aryl methyl sites for hydroxylation is 1. The Hall–Kier alpha value is -1.69. The maximum absolute atomic E-state index is 12.4. The van der Waals surface area contributed by atoms with E-state index in [-0.39, 0.29) is 11.9 Å². The van der Waals surface area contributed by atoms with Crippen LogP contribution in [0.2, 0.25) is 0 Å². The summed E-state index contributed by atoms with van der Waals surface area (Å²) >= 11 is 1.75. The van der Waals surface area contributed by atoms with Gasteiger partial charge in [-0.05, 0) is 49.6 Å². The monoisotopic (exact) mass is 401 g/mol. The normalized spacial score (nSPS) is 18.0. The Bertz CT molecular complexity index is 755. The van der Waals surface area contributed by atoms with Crippen molar-refractivity contribution in [3.8, 4) is 0 Å². The predicted octanol–water partition coefficient (Wildman–Crippen LogP) is 5.38. The zero-order chi connectivity index (χ0) is 19.9. The number of benzene rings is 1. The van der Waals surface area contributed by atoms with Crippen molar-refractivity contribution >= 4 is 22.9 Å². The van der Waals surface area contributed by atoms with Gasteiger partial charge in [-0.25, -0.2) is 0 Å². The third kappa shape index (κ3) is 5.43. The van der Waals surface area contributed by atoms with Crippen LogP contribution in [0.1, 0.15) is 66.9 Å². The van der Waals surface area contributed by atoms with Gasteiger partial charge in [0.2, 0.25) is 5.91 Å². The molecule has 0 aliphatic carbocycles. The quantitative estimate of drug-likeness (QED) is 0.544. The lowest BCUT2D eigenvalue weighted by Crippen LogP contribution is -2.36. The summed E-state index contributed by atoms with van der Waals surface area (Å²) in [4.78, 5) is 16.8. The molecule has 3 rings (SSSR count). The third-order valence-corrected chi connectivity index (χ3v) is 6.29. The lowest BCUT2D eigenvalue weighted by molar-refractivity contribution is -0.117. The topological polar surface area (TPSA) is 49.8 Å². The van der Waals surface area contributed by atoms with Crippen LogP contribution in [0.15, 0.2) is 36.4 Å². The van der Waals surface area contributed by atoms with Gasteiger partial charge in [-0.15, -0.1) is 11.3 Å². The van der Waals surface area contributed by atoms with Gasteiger partial charge in [0, 0.05) is 21.9 Å². The molecule has 1 fully saturated rings. The van der Waals surface area contributed by atoms with Crippen molar-refractivity contribution in [1.29, 1.82) is 0 Å². The molecule has 0 bridgehead atoms. The molecule has 0 spiro atoms. The number of amides is 1. The van der Waals surface area contributed by atoms with E-state index in [0.29, 0.717) is 19.6 Å². The van der Waals surface area contributed by atoms with Gasteiger partial charge < -0.3 is 14.7 Å². The summed E-state index contributed by atoms with van der Waals surface area (Å²) in [7, 11) is 0. The summed E-state index contributed by atoms with van der Waals surface area (Å²) < 4.78 is 5.91. The van der Waals surface area contributed by atoms with Crippen LogP contribution in [0, 0.1) is 6.92 Å². The maximum atomic E-state index is 12.4. The summed E-state index contributed by atoms with van der Waals surface area (Å²) in [5.74, 6) is 0.150. The number of unbranched alkanes of at least 4 members (excludes halogenated alkanes) is 2. The summed E-state index contributed by atoms with van der Waals surface area (Å²) in [5.41, 5.74) is 1.82. The molecule has 1 aliphatic rings. The van der Waals surface area contributed by atoms with Crippen LogP contribution in [0.5, 0.6) is 0 Å². The number of aliphatic hydroxyl groups excluding tert-OH is 1. The first-order valence-electron chi connectivity index (χ1n) is 10.3. The van der Waals surface area contributed by atoms with E-state index < -0.39 is 6.10 Å². The summed E-state index contributed by atoms with van der Waals surface area (Å²) in [6.45, 7) is 5.40. The highest BCUT2D eigenvalue weighted by atomic mass is 32.1. The lowest BCUT2D eigenvalue weighted by atomic mass is 10.0. The van der Waals surface area contributed by atoms with Crippen molar-refractivity contribution in [2.24, 2.45) is 0 Å². The molecule has 5 heteroatoms. The van der Waals surface area contributed by atoms with Crippen molar-refractivity contribution in [2.75, 3.05) is 11.5 Å². The van der Waals surface area contributed by atoms with Gasteiger partial charge in [-0.1, -0.05) is 38.3 Å². The smallest absolute Gasteiger partial charge is 0.227 e. The third-order valence-electron chi connectivity index (χ3n) is 5.31. The van der Waals surface area contributed by atoms with E-state index in [2.05, 4.69) is 26.0 Å². The van der Waals surface area contributed by atoms with E-state index in [1.165, 1.54) is 9.75 Å². The highest BCUT2D eigenvalue weighted by Crippen LogP contribution is 2.29. The minimum absolute atomic E-state index is 0.0777. The van der Waals surface area contributed by atoms with Gasteiger partial charge in [0.25, 0.3) is 0 Å². The van der Waals surface area contributed by atoms with Gasteiger partial charge in [0.15, 0.2) is 0 Å². The highest BCUT2D eigenvalue weighted by Gasteiger charge is 2.32. The number of thiophene rings is 1. The molecule has 2 aromatic rings. The number of aliphatic hydroxyl groups is 1. The molecule has 2 heterocycles. The molecule has 1 aromatic carbocycles. The van der Waals surface area contributed by atoms with Crippen LogP contribution in [0.3, 0.4) is 0 Å². The van der Waals surface area contributed by atoms with E-state index in [1.54, 1.807) is 11.3 Å². The zero-order valence-corrected chi connectivity index (χ0v) is 17.7. The van der Waals surface area contributed by atoms with Crippen LogP contribution in [0.25, 0.3) is 0 Å². The van der Waals surface area contributed by atoms with Gasteiger partial charge >= 0.3 is 0 Å². The summed E-state index contributed by atoms with van der Waals surface area (Å²) in [5, 5.41) is 10.3. The average Bonchev–Trinajstić information content (AvgIpc) is 3.27. The first-order valence-corrected chi connectivity index (χ1v) is 11.1. The number of ether oxygens (including phenoxy) is 1. The van der Waals surface area contributed by atoms with Crippen molar-refractivity contribution < 1.29 is 14.6 Å². The average molecular weight is 402 g/mol. The molecule has 1 aliphatic heterocycles. The largest absolute Gasteiger partial charge is 0.388 e. The van der Waals surface area contributed by atoms with E-state index in [9.17, 15) is 9.90 Å². The van der Waals surface area contributed by atoms with E-state index >= 15 is 0 Å². The Morgan fingerprint density at radius 2 is 2.00 bits per heavy atom. The second kappa shape index (κ2) is 10.2. The zero-order valence-electron chi connectivity index (χ0n) is 16.9. The number of anilines is 1. The van der Waals surface area contributed by atoms with Crippen molar-refractivity contribution in [2.45, 2.75) is 71.1 Å². The molecule has 0 radical (unpaired) electrons. The van der Waals surface area contributed by atoms with Crippen LogP contribution >= 0.6 is 11.3 Å². The van der Waals surface area contributed by atoms with Crippen LogP contribution in [0.4, 0.5) is 5.69 Å². The van der Waals surface area contributed by atoms with Gasteiger partial charge in [-0.3, -0.25) is 4.79 Å². The number of carbonyl (C=O) groups excluding carboxylic acids is 1. The summed E-state index contributed by atoms with van der Waals surface area (Å²) in [6.07, 6.45) is 5.07. The molecule has 1 saturated heterocycles. The van der Waals surface area contributed by atoms with Crippen LogP contribution in [-0.4, -0.2) is 23.7 Å². The van der Waals surface area contributed by atoms with E-state index in [0.717, 1.165) is 43.4 Å². The lowest BCUT2D eigenvalue weighted by Gasteiger charge is -2.25. The Morgan fingerprint density at radius 1 is 1.21 bits per heavy atom. The second-order valence-corrected chi connectivity index (χ2v) is 8.96. The molecule has 2 atom stereocenters. The fourth-order valence-corrected chi connectivity index (χ4v) is 4.55. The molecular formula is C23H31NO3S. The first-order chi connectivity index (χ1) is 13.6. The van der Waals surface area contributed by atoms with Crippen molar-refractivity contribution in [1.82, 2.24) is 0 Å². The van der Waals surface area contributed by atoms with Crippen molar-refractivity contribution in [3.63, 3.8) is 0 Å². The SMILES string of the molecule is CCCCC[C@H](O)c1ccc(N2C(=O)CC[C@@H]2COCc2ccc(C)s2)cc1. The van der Waals surface area contributed by atoms with Crippen molar-refractivity contribution in [3.05, 3.63) is 51.7 Å². The molecule has 0 saturated carbocycles.